The van der Waals surface area contributed by atoms with Crippen LogP contribution in [0.4, 0.5) is 11.4 Å². The Morgan fingerprint density at radius 3 is 2.52 bits per heavy atom. The average molecular weight is 303 g/mol. The van der Waals surface area contributed by atoms with Gasteiger partial charge in [0, 0.05) is 12.2 Å². The number of para-hydroxylation sites is 1. The first-order valence-corrected chi connectivity index (χ1v) is 7.34. The molecule has 0 aliphatic carbocycles. The number of halogens is 1. The number of anilines is 2. The smallest absolute Gasteiger partial charge is 0.243 e. The van der Waals surface area contributed by atoms with Crippen LogP contribution in [0.5, 0.6) is 0 Å². The number of carbonyl (C=O) groups is 1. The van der Waals surface area contributed by atoms with Gasteiger partial charge >= 0.3 is 0 Å². The summed E-state index contributed by atoms with van der Waals surface area (Å²) in [6.07, 6.45) is 0. The zero-order chi connectivity index (χ0) is 15.2. The van der Waals surface area contributed by atoms with Crippen molar-refractivity contribution in [3.8, 4) is 0 Å². The highest BCUT2D eigenvalue weighted by molar-refractivity contribution is 6.33. The molecule has 2 rings (SSSR count). The summed E-state index contributed by atoms with van der Waals surface area (Å²) in [5.41, 5.74) is 2.75. The fraction of sp³-hybridized carbons (Fsp3) is 0.235. The van der Waals surface area contributed by atoms with Crippen molar-refractivity contribution in [2.24, 2.45) is 0 Å². The molecule has 0 aromatic heterocycles. The molecule has 0 atom stereocenters. The van der Waals surface area contributed by atoms with Crippen LogP contribution in [0.25, 0.3) is 0 Å². The molecule has 0 spiro atoms. The summed E-state index contributed by atoms with van der Waals surface area (Å²) in [5.74, 6) is -0.0774. The quantitative estimate of drug-likeness (QED) is 0.901. The largest absolute Gasteiger partial charge is 0.362 e. The van der Waals surface area contributed by atoms with E-state index >= 15 is 0 Å². The minimum atomic E-state index is -0.0774. The highest BCUT2D eigenvalue weighted by atomic mass is 35.5. The first-order chi connectivity index (χ1) is 10.1. The van der Waals surface area contributed by atoms with E-state index in [-0.39, 0.29) is 5.91 Å². The molecule has 2 aromatic rings. The lowest BCUT2D eigenvalue weighted by atomic mass is 10.2. The third-order valence-electron chi connectivity index (χ3n) is 3.24. The lowest BCUT2D eigenvalue weighted by Gasteiger charge is -2.22. The second-order valence-corrected chi connectivity index (χ2v) is 5.29. The summed E-state index contributed by atoms with van der Waals surface area (Å²) in [6, 6.07) is 15.5. The van der Waals surface area contributed by atoms with Crippen LogP contribution in [0, 0.1) is 6.92 Å². The van der Waals surface area contributed by atoms with E-state index in [2.05, 4.69) is 5.32 Å². The van der Waals surface area contributed by atoms with Crippen LogP contribution in [-0.2, 0) is 4.79 Å². The van der Waals surface area contributed by atoms with E-state index in [1.165, 1.54) is 0 Å². The number of benzene rings is 2. The van der Waals surface area contributed by atoms with Crippen LogP contribution in [0.1, 0.15) is 12.5 Å². The van der Waals surface area contributed by atoms with Gasteiger partial charge in [0.25, 0.3) is 0 Å². The molecule has 3 nitrogen and oxygen atoms in total. The highest BCUT2D eigenvalue weighted by Crippen LogP contribution is 2.22. The molecule has 0 aliphatic rings. The second kappa shape index (κ2) is 7.14. The normalized spacial score (nSPS) is 10.2. The van der Waals surface area contributed by atoms with E-state index in [4.69, 9.17) is 11.6 Å². The average Bonchev–Trinajstić information content (AvgIpc) is 2.48. The zero-order valence-electron chi connectivity index (χ0n) is 12.3. The van der Waals surface area contributed by atoms with E-state index in [9.17, 15) is 4.79 Å². The summed E-state index contributed by atoms with van der Waals surface area (Å²) >= 11 is 6.13. The molecule has 0 saturated carbocycles. The number of hydrogen-bond donors (Lipinski definition) is 1. The van der Waals surface area contributed by atoms with Crippen LogP contribution in [0.15, 0.2) is 48.5 Å². The van der Waals surface area contributed by atoms with Gasteiger partial charge < -0.3 is 10.2 Å². The number of rotatable bonds is 5. The first-order valence-electron chi connectivity index (χ1n) is 6.96. The molecule has 0 saturated heterocycles. The Hall–Kier alpha value is -2.00. The Bertz CT molecular complexity index is 613. The number of nitrogens with one attached hydrogen (secondary N) is 1. The predicted molar refractivity (Wildman–Crippen MR) is 89.1 cm³/mol. The van der Waals surface area contributed by atoms with Gasteiger partial charge in [0.05, 0.1) is 17.3 Å². The van der Waals surface area contributed by atoms with Gasteiger partial charge in [0.1, 0.15) is 0 Å². The fourth-order valence-electron chi connectivity index (χ4n) is 2.11. The Kier molecular flexibility index (Phi) is 5.23. The van der Waals surface area contributed by atoms with Gasteiger partial charge in [-0.15, -0.1) is 0 Å². The maximum atomic E-state index is 12.2. The third-order valence-corrected chi connectivity index (χ3v) is 3.55. The van der Waals surface area contributed by atoms with Crippen molar-refractivity contribution < 1.29 is 4.79 Å². The molecule has 0 aliphatic heterocycles. The van der Waals surface area contributed by atoms with Crippen molar-refractivity contribution in [2.75, 3.05) is 23.3 Å². The van der Waals surface area contributed by atoms with Crippen molar-refractivity contribution in [1.82, 2.24) is 0 Å². The minimum Gasteiger partial charge on any atom is -0.362 e. The molecule has 0 unspecified atom stereocenters. The molecule has 1 N–H and O–H groups in total. The topological polar surface area (TPSA) is 32.3 Å². The number of aryl methyl sites for hydroxylation is 1. The number of nitrogens with zero attached hydrogens (tertiary/aromatic N) is 1. The molecular weight excluding hydrogens is 284 g/mol. The Labute approximate surface area is 130 Å². The van der Waals surface area contributed by atoms with Crippen molar-refractivity contribution in [2.45, 2.75) is 13.8 Å². The lowest BCUT2D eigenvalue weighted by Crippen LogP contribution is -2.33. The molecule has 0 fully saturated rings. The van der Waals surface area contributed by atoms with Crippen molar-refractivity contribution in [3.63, 3.8) is 0 Å². The van der Waals surface area contributed by atoms with Crippen molar-refractivity contribution in [3.05, 3.63) is 59.1 Å². The minimum absolute atomic E-state index is 0.0774. The van der Waals surface area contributed by atoms with Gasteiger partial charge in [-0.1, -0.05) is 35.9 Å². The summed E-state index contributed by atoms with van der Waals surface area (Å²) < 4.78 is 0. The van der Waals surface area contributed by atoms with E-state index in [0.717, 1.165) is 17.8 Å². The molecule has 1 amide bonds. The van der Waals surface area contributed by atoms with Gasteiger partial charge in [-0.3, -0.25) is 4.79 Å². The number of carbonyl (C=O) groups excluding carboxylic acids is 1. The van der Waals surface area contributed by atoms with E-state index in [0.29, 0.717) is 17.3 Å². The van der Waals surface area contributed by atoms with Crippen molar-refractivity contribution >= 4 is 28.9 Å². The summed E-state index contributed by atoms with van der Waals surface area (Å²) in [5, 5.41) is 3.42. The summed E-state index contributed by atoms with van der Waals surface area (Å²) in [4.78, 5) is 14.2. The molecule has 21 heavy (non-hydrogen) atoms. The third kappa shape index (κ3) is 4.23. The SMILES string of the molecule is CCN(CC(=O)Nc1ccc(C)cc1Cl)c1ccccc1. The summed E-state index contributed by atoms with van der Waals surface area (Å²) in [6.45, 7) is 5.05. The molecule has 4 heteroatoms. The van der Waals surface area contributed by atoms with Gasteiger partial charge in [0.2, 0.25) is 5.91 Å². The van der Waals surface area contributed by atoms with Crippen LogP contribution in [-0.4, -0.2) is 19.0 Å². The monoisotopic (exact) mass is 302 g/mol. The maximum absolute atomic E-state index is 12.2. The Morgan fingerprint density at radius 1 is 1.19 bits per heavy atom. The highest BCUT2D eigenvalue weighted by Gasteiger charge is 2.11. The van der Waals surface area contributed by atoms with Gasteiger partial charge in [-0.05, 0) is 43.7 Å². The zero-order valence-corrected chi connectivity index (χ0v) is 13.0. The number of hydrogen-bond acceptors (Lipinski definition) is 2. The fourth-order valence-corrected chi connectivity index (χ4v) is 2.39. The van der Waals surface area contributed by atoms with E-state index in [1.807, 2.05) is 67.3 Å². The Balaban J connectivity index is 2.03. The van der Waals surface area contributed by atoms with Crippen LogP contribution < -0.4 is 10.2 Å². The van der Waals surface area contributed by atoms with Crippen LogP contribution in [0.3, 0.4) is 0 Å². The van der Waals surface area contributed by atoms with E-state index in [1.54, 1.807) is 0 Å². The van der Waals surface area contributed by atoms with Crippen molar-refractivity contribution in [1.29, 1.82) is 0 Å². The Morgan fingerprint density at radius 2 is 1.90 bits per heavy atom. The molecule has 0 bridgehead atoms. The van der Waals surface area contributed by atoms with E-state index < -0.39 is 0 Å². The summed E-state index contributed by atoms with van der Waals surface area (Å²) in [7, 11) is 0. The molecule has 0 radical (unpaired) electrons. The van der Waals surface area contributed by atoms with Gasteiger partial charge in [-0.25, -0.2) is 0 Å². The van der Waals surface area contributed by atoms with Crippen LogP contribution >= 0.6 is 11.6 Å². The lowest BCUT2D eigenvalue weighted by molar-refractivity contribution is -0.115. The molecule has 110 valence electrons. The molecule has 2 aromatic carbocycles. The number of likely N-dealkylation sites (N-methyl/N-ethyl adjacent to an activating group) is 1. The van der Waals surface area contributed by atoms with Gasteiger partial charge in [0.15, 0.2) is 0 Å². The predicted octanol–water partition coefficient (Wildman–Crippen LogP) is 4.11. The molecule has 0 heterocycles. The van der Waals surface area contributed by atoms with Crippen LogP contribution in [0.2, 0.25) is 5.02 Å². The van der Waals surface area contributed by atoms with Gasteiger partial charge in [-0.2, -0.15) is 0 Å². The number of amides is 1. The standard InChI is InChI=1S/C17H19ClN2O/c1-3-20(14-7-5-4-6-8-14)12-17(21)19-16-10-9-13(2)11-15(16)18/h4-11H,3,12H2,1-2H3,(H,19,21). The first kappa shape index (κ1) is 15.4. The second-order valence-electron chi connectivity index (χ2n) is 4.88. The molecular formula is C17H19ClN2O. The maximum Gasteiger partial charge on any atom is 0.243 e.